The number of rotatable bonds is 28. The molecule has 0 aliphatic rings. The minimum atomic E-state index is 0. The number of nitrogens with zero attached hydrogens (tertiary/aromatic N) is 1. The molecule has 36 heavy (non-hydrogen) atoms. The summed E-state index contributed by atoms with van der Waals surface area (Å²) in [4.78, 5) is 12.0. The molecule has 0 heterocycles. The van der Waals surface area contributed by atoms with Crippen molar-refractivity contribution in [3.63, 3.8) is 0 Å². The molecule has 1 unspecified atom stereocenters. The van der Waals surface area contributed by atoms with Crippen molar-refractivity contribution in [1.82, 2.24) is 0 Å². The van der Waals surface area contributed by atoms with Crippen LogP contribution in [0.1, 0.15) is 122 Å². The summed E-state index contributed by atoms with van der Waals surface area (Å²) in [6.45, 7) is 6.23. The monoisotopic (exact) mass is 579 g/mol. The molecule has 0 aromatic heterocycles. The number of unbranched alkanes of at least 4 members (excludes halogenated alkanes) is 13. The number of hydrogen-bond acceptors (Lipinski definition) is 4. The van der Waals surface area contributed by atoms with Gasteiger partial charge in [-0.25, -0.2) is 0 Å². The number of carbonyl (C=O) groups is 1. The number of ketones is 1. The summed E-state index contributed by atoms with van der Waals surface area (Å²) in [5.41, 5.74) is 0. The maximum absolute atomic E-state index is 12.0. The Kier molecular flexibility index (Phi) is 29.7. The van der Waals surface area contributed by atoms with E-state index in [-0.39, 0.29) is 23.1 Å². The Morgan fingerprint density at radius 1 is 0.639 bits per heavy atom. The van der Waals surface area contributed by atoms with Gasteiger partial charge in [-0.15, -0.1) is 0 Å². The maximum Gasteiger partial charge on any atom is 0.132 e. The van der Waals surface area contributed by atoms with Crippen LogP contribution in [0, 0.1) is 0 Å². The Morgan fingerprint density at radius 2 is 1.06 bits per heavy atom. The van der Waals surface area contributed by atoms with Crippen LogP contribution in [0.4, 0.5) is 0 Å². The van der Waals surface area contributed by atoms with E-state index in [1.54, 1.807) is 7.11 Å². The summed E-state index contributed by atoms with van der Waals surface area (Å²) in [6, 6.07) is 0. The van der Waals surface area contributed by atoms with Gasteiger partial charge in [0, 0.05) is 33.2 Å². The van der Waals surface area contributed by atoms with Crippen LogP contribution in [0.15, 0.2) is 0 Å². The van der Waals surface area contributed by atoms with Gasteiger partial charge >= 0.3 is 0 Å². The number of quaternary nitrogens is 1. The maximum atomic E-state index is 12.0. The van der Waals surface area contributed by atoms with Crippen molar-refractivity contribution in [3.05, 3.63) is 0 Å². The lowest BCUT2D eigenvalue weighted by molar-refractivity contribution is -0.870. The average molecular weight is 581 g/mol. The smallest absolute Gasteiger partial charge is 0.132 e. The van der Waals surface area contributed by atoms with Gasteiger partial charge in [0.05, 0.1) is 40.9 Å². The van der Waals surface area contributed by atoms with Gasteiger partial charge in [-0.2, -0.15) is 0 Å². The standard InChI is InChI=1S/C30H62NO4.BrH/c1-6-7-8-9-10-11-12-13-17-22-29(32)23-18-14-15-20-25-34-27-30(33-5)28-35-26-21-16-19-24-31(2,3)4;/h30H,6-28H2,1-5H3;1H/q+1;/p-1. The second-order valence-corrected chi connectivity index (χ2v) is 11.4. The van der Waals surface area contributed by atoms with Crippen molar-refractivity contribution < 1.29 is 40.5 Å². The van der Waals surface area contributed by atoms with Crippen LogP contribution in [0.2, 0.25) is 0 Å². The van der Waals surface area contributed by atoms with Crippen molar-refractivity contribution >= 4 is 5.78 Å². The molecule has 0 spiro atoms. The summed E-state index contributed by atoms with van der Waals surface area (Å²) in [6.07, 6.45) is 21.3. The third-order valence-corrected chi connectivity index (χ3v) is 6.61. The fourth-order valence-corrected chi connectivity index (χ4v) is 4.22. The van der Waals surface area contributed by atoms with E-state index < -0.39 is 0 Å². The van der Waals surface area contributed by atoms with Gasteiger partial charge in [-0.05, 0) is 38.5 Å². The summed E-state index contributed by atoms with van der Waals surface area (Å²) in [5, 5.41) is 0. The molecule has 0 aliphatic carbocycles. The minimum Gasteiger partial charge on any atom is -1.00 e. The van der Waals surface area contributed by atoms with E-state index in [0.717, 1.165) is 69.1 Å². The molecule has 0 aliphatic heterocycles. The largest absolute Gasteiger partial charge is 1.00 e. The number of carbonyl (C=O) groups excluding carboxylic acids is 1. The lowest BCUT2D eigenvalue weighted by Crippen LogP contribution is -3.00. The predicted molar refractivity (Wildman–Crippen MR) is 149 cm³/mol. The van der Waals surface area contributed by atoms with Crippen LogP contribution in [0.5, 0.6) is 0 Å². The first-order valence-corrected chi connectivity index (χ1v) is 14.9. The normalized spacial score (nSPS) is 12.5. The molecule has 0 N–H and O–H groups in total. The zero-order valence-electron chi connectivity index (χ0n) is 24.8. The predicted octanol–water partition coefficient (Wildman–Crippen LogP) is 4.36. The molecule has 0 radical (unpaired) electrons. The summed E-state index contributed by atoms with van der Waals surface area (Å²) in [7, 11) is 8.44. The van der Waals surface area contributed by atoms with Gasteiger partial charge in [0.25, 0.3) is 0 Å². The number of methoxy groups -OCH3 is 1. The molecular formula is C30H62BrNO4. The van der Waals surface area contributed by atoms with Gasteiger partial charge in [0.1, 0.15) is 11.9 Å². The van der Waals surface area contributed by atoms with E-state index >= 15 is 0 Å². The Morgan fingerprint density at radius 3 is 1.50 bits per heavy atom. The van der Waals surface area contributed by atoms with E-state index in [4.69, 9.17) is 14.2 Å². The number of hydrogen-bond donors (Lipinski definition) is 0. The number of ether oxygens (including phenoxy) is 3. The van der Waals surface area contributed by atoms with Crippen molar-refractivity contribution in [2.75, 3.05) is 61.2 Å². The van der Waals surface area contributed by atoms with Crippen molar-refractivity contribution in [2.45, 2.75) is 129 Å². The molecular weight excluding hydrogens is 518 g/mol. The van der Waals surface area contributed by atoms with Crippen molar-refractivity contribution in [2.24, 2.45) is 0 Å². The third-order valence-electron chi connectivity index (χ3n) is 6.61. The molecule has 218 valence electrons. The quantitative estimate of drug-likeness (QED) is 0.102. The van der Waals surface area contributed by atoms with Gasteiger partial charge in [-0.1, -0.05) is 71.1 Å². The molecule has 6 heteroatoms. The lowest BCUT2D eigenvalue weighted by atomic mass is 10.0. The molecule has 0 rings (SSSR count). The van der Waals surface area contributed by atoms with Crippen LogP contribution >= 0.6 is 0 Å². The highest BCUT2D eigenvalue weighted by Crippen LogP contribution is 2.12. The highest BCUT2D eigenvalue weighted by Gasteiger charge is 2.09. The number of Topliss-reactive ketones (excluding diaryl/α,β-unsaturated/α-hetero) is 1. The summed E-state index contributed by atoms with van der Waals surface area (Å²) >= 11 is 0. The van der Waals surface area contributed by atoms with E-state index in [2.05, 4.69) is 28.1 Å². The second kappa shape index (κ2) is 28.0. The summed E-state index contributed by atoms with van der Waals surface area (Å²) in [5.74, 6) is 0.459. The first kappa shape index (κ1) is 38.1. The van der Waals surface area contributed by atoms with Crippen molar-refractivity contribution in [1.29, 1.82) is 0 Å². The highest BCUT2D eigenvalue weighted by atomic mass is 79.9. The molecule has 0 aromatic rings. The van der Waals surface area contributed by atoms with Crippen molar-refractivity contribution in [3.8, 4) is 0 Å². The highest BCUT2D eigenvalue weighted by molar-refractivity contribution is 5.78. The molecule has 0 amide bonds. The molecule has 0 aromatic carbocycles. The van der Waals surface area contributed by atoms with Gasteiger partial charge in [0.2, 0.25) is 0 Å². The lowest BCUT2D eigenvalue weighted by Gasteiger charge is -2.23. The Hall–Kier alpha value is -0.01000. The Bertz CT molecular complexity index is 457. The van der Waals surface area contributed by atoms with Gasteiger partial charge in [-0.3, -0.25) is 4.79 Å². The molecule has 0 bridgehead atoms. The van der Waals surface area contributed by atoms with E-state index in [9.17, 15) is 4.79 Å². The number of halogens is 1. The second-order valence-electron chi connectivity index (χ2n) is 11.4. The van der Waals surface area contributed by atoms with Crippen LogP contribution < -0.4 is 17.0 Å². The fourth-order valence-electron chi connectivity index (χ4n) is 4.22. The van der Waals surface area contributed by atoms with Crippen LogP contribution in [-0.4, -0.2) is 77.6 Å². The van der Waals surface area contributed by atoms with E-state index in [1.165, 1.54) is 70.8 Å². The first-order valence-electron chi connectivity index (χ1n) is 14.9. The van der Waals surface area contributed by atoms with E-state index in [0.29, 0.717) is 19.0 Å². The van der Waals surface area contributed by atoms with Crippen LogP contribution in [0.25, 0.3) is 0 Å². The van der Waals surface area contributed by atoms with E-state index in [1.807, 2.05) is 0 Å². The Balaban J connectivity index is 0. The summed E-state index contributed by atoms with van der Waals surface area (Å²) < 4.78 is 18.1. The van der Waals surface area contributed by atoms with Crippen LogP contribution in [0.3, 0.4) is 0 Å². The Labute approximate surface area is 235 Å². The van der Waals surface area contributed by atoms with Gasteiger partial charge in [0.15, 0.2) is 0 Å². The van der Waals surface area contributed by atoms with Gasteiger partial charge < -0.3 is 35.7 Å². The molecule has 5 nitrogen and oxygen atoms in total. The molecule has 0 saturated carbocycles. The minimum absolute atomic E-state index is 0. The molecule has 1 atom stereocenters. The average Bonchev–Trinajstić information content (AvgIpc) is 2.82. The molecule has 0 saturated heterocycles. The third kappa shape index (κ3) is 30.2. The molecule has 0 fully saturated rings. The topological polar surface area (TPSA) is 44.8 Å². The zero-order valence-corrected chi connectivity index (χ0v) is 26.4. The SMILES string of the molecule is CCCCCCCCCCCC(=O)CCCCCCOCC(COCCCCC[N+](C)(C)C)OC.[Br-]. The first-order chi connectivity index (χ1) is 16.9. The van der Waals surface area contributed by atoms with Crippen LogP contribution in [-0.2, 0) is 19.0 Å². The zero-order chi connectivity index (χ0) is 26.0. The fraction of sp³-hybridized carbons (Fsp3) is 0.967.